The zero-order valence-corrected chi connectivity index (χ0v) is 9.00. The summed E-state index contributed by atoms with van der Waals surface area (Å²) >= 11 is 0. The van der Waals surface area contributed by atoms with Crippen LogP contribution in [0.25, 0.3) is 0 Å². The standard InChI is InChI=1S/C12H15NO2/c1-8(2)7-13-10-4-5-11(12(14)15)9(3)6-10/h4-6,13H,1,7H2,2-3H3,(H,14,15). The summed E-state index contributed by atoms with van der Waals surface area (Å²) < 4.78 is 0. The third-order valence-corrected chi connectivity index (χ3v) is 2.05. The molecular weight excluding hydrogens is 190 g/mol. The molecule has 0 amide bonds. The van der Waals surface area contributed by atoms with Crippen molar-refractivity contribution in [3.63, 3.8) is 0 Å². The Balaban J connectivity index is 2.82. The van der Waals surface area contributed by atoms with E-state index in [0.717, 1.165) is 16.8 Å². The van der Waals surface area contributed by atoms with E-state index in [2.05, 4.69) is 11.9 Å². The monoisotopic (exact) mass is 205 g/mol. The van der Waals surface area contributed by atoms with Gasteiger partial charge in [-0.1, -0.05) is 12.2 Å². The maximum Gasteiger partial charge on any atom is 0.335 e. The van der Waals surface area contributed by atoms with Gasteiger partial charge in [-0.3, -0.25) is 0 Å². The van der Waals surface area contributed by atoms with Crippen molar-refractivity contribution in [3.8, 4) is 0 Å². The fraction of sp³-hybridized carbons (Fsp3) is 0.250. The molecule has 1 rings (SSSR count). The first-order valence-corrected chi connectivity index (χ1v) is 4.73. The van der Waals surface area contributed by atoms with Crippen molar-refractivity contribution < 1.29 is 9.90 Å². The molecule has 0 heterocycles. The van der Waals surface area contributed by atoms with Crippen LogP contribution in [0.5, 0.6) is 0 Å². The van der Waals surface area contributed by atoms with E-state index in [-0.39, 0.29) is 0 Å². The minimum atomic E-state index is -0.890. The summed E-state index contributed by atoms with van der Waals surface area (Å²) in [6.45, 7) is 8.21. The van der Waals surface area contributed by atoms with Gasteiger partial charge in [0, 0.05) is 12.2 Å². The SMILES string of the molecule is C=C(C)CNc1ccc(C(=O)O)c(C)c1. The third-order valence-electron chi connectivity index (χ3n) is 2.05. The van der Waals surface area contributed by atoms with Crippen molar-refractivity contribution in [2.24, 2.45) is 0 Å². The number of carbonyl (C=O) groups is 1. The predicted molar refractivity (Wildman–Crippen MR) is 61.4 cm³/mol. The molecule has 0 atom stereocenters. The van der Waals surface area contributed by atoms with E-state index in [1.54, 1.807) is 19.1 Å². The smallest absolute Gasteiger partial charge is 0.335 e. The number of carboxylic acid groups (broad SMARTS) is 1. The molecule has 0 aliphatic carbocycles. The van der Waals surface area contributed by atoms with Crippen LogP contribution in [0.1, 0.15) is 22.8 Å². The first kappa shape index (κ1) is 11.3. The highest BCUT2D eigenvalue weighted by Gasteiger charge is 2.06. The van der Waals surface area contributed by atoms with Crippen LogP contribution >= 0.6 is 0 Å². The molecule has 1 aromatic rings. The Morgan fingerprint density at radius 3 is 2.67 bits per heavy atom. The molecule has 0 bridgehead atoms. The molecule has 3 nitrogen and oxygen atoms in total. The van der Waals surface area contributed by atoms with Crippen LogP contribution in [0.4, 0.5) is 5.69 Å². The van der Waals surface area contributed by atoms with Gasteiger partial charge in [0.25, 0.3) is 0 Å². The van der Waals surface area contributed by atoms with Crippen LogP contribution < -0.4 is 5.32 Å². The van der Waals surface area contributed by atoms with Gasteiger partial charge < -0.3 is 10.4 Å². The van der Waals surface area contributed by atoms with Crippen LogP contribution in [0.3, 0.4) is 0 Å². The zero-order chi connectivity index (χ0) is 11.4. The van der Waals surface area contributed by atoms with Crippen molar-refractivity contribution in [1.29, 1.82) is 0 Å². The molecule has 0 spiro atoms. The maximum atomic E-state index is 10.8. The average Bonchev–Trinajstić information content (AvgIpc) is 2.14. The predicted octanol–water partition coefficient (Wildman–Crippen LogP) is 2.68. The van der Waals surface area contributed by atoms with Crippen LogP contribution in [0, 0.1) is 6.92 Å². The van der Waals surface area contributed by atoms with E-state index in [1.165, 1.54) is 0 Å². The van der Waals surface area contributed by atoms with Gasteiger partial charge in [0.15, 0.2) is 0 Å². The van der Waals surface area contributed by atoms with Gasteiger partial charge in [-0.25, -0.2) is 4.79 Å². The fourth-order valence-electron chi connectivity index (χ4n) is 1.27. The van der Waals surface area contributed by atoms with Gasteiger partial charge in [0.05, 0.1) is 5.56 Å². The van der Waals surface area contributed by atoms with Crippen LogP contribution in [-0.2, 0) is 0 Å². The Labute approximate surface area is 89.4 Å². The van der Waals surface area contributed by atoms with Gasteiger partial charge in [0.1, 0.15) is 0 Å². The maximum absolute atomic E-state index is 10.8. The summed E-state index contributed by atoms with van der Waals surface area (Å²) in [4.78, 5) is 10.8. The van der Waals surface area contributed by atoms with Crippen LogP contribution in [0.2, 0.25) is 0 Å². The van der Waals surface area contributed by atoms with E-state index >= 15 is 0 Å². The second-order valence-electron chi connectivity index (χ2n) is 3.65. The van der Waals surface area contributed by atoms with E-state index in [1.807, 2.05) is 13.0 Å². The van der Waals surface area contributed by atoms with Gasteiger partial charge >= 0.3 is 5.97 Å². The lowest BCUT2D eigenvalue weighted by Crippen LogP contribution is -2.04. The highest BCUT2D eigenvalue weighted by Crippen LogP contribution is 2.15. The summed E-state index contributed by atoms with van der Waals surface area (Å²) in [6, 6.07) is 5.20. The summed E-state index contributed by atoms with van der Waals surface area (Å²) in [5.74, 6) is -0.890. The second-order valence-corrected chi connectivity index (χ2v) is 3.65. The van der Waals surface area contributed by atoms with Crippen molar-refractivity contribution >= 4 is 11.7 Å². The minimum Gasteiger partial charge on any atom is -0.478 e. The Morgan fingerprint density at radius 2 is 2.20 bits per heavy atom. The molecule has 2 N–H and O–H groups in total. The molecule has 1 aromatic carbocycles. The van der Waals surface area contributed by atoms with Crippen molar-refractivity contribution in [3.05, 3.63) is 41.5 Å². The van der Waals surface area contributed by atoms with Gasteiger partial charge in [-0.2, -0.15) is 0 Å². The zero-order valence-electron chi connectivity index (χ0n) is 9.00. The number of rotatable bonds is 4. The Hall–Kier alpha value is -1.77. The highest BCUT2D eigenvalue weighted by molar-refractivity contribution is 5.89. The molecule has 0 aliphatic rings. The molecule has 0 aromatic heterocycles. The lowest BCUT2D eigenvalue weighted by atomic mass is 10.1. The number of aryl methyl sites for hydroxylation is 1. The number of hydrogen-bond acceptors (Lipinski definition) is 2. The molecule has 0 radical (unpaired) electrons. The largest absolute Gasteiger partial charge is 0.478 e. The third kappa shape index (κ3) is 3.13. The van der Waals surface area contributed by atoms with E-state index in [9.17, 15) is 4.79 Å². The molecule has 0 saturated heterocycles. The Kier molecular flexibility index (Phi) is 3.50. The van der Waals surface area contributed by atoms with E-state index < -0.39 is 5.97 Å². The highest BCUT2D eigenvalue weighted by atomic mass is 16.4. The van der Waals surface area contributed by atoms with Crippen molar-refractivity contribution in [1.82, 2.24) is 0 Å². The number of aromatic carboxylic acids is 1. The molecule has 0 unspecified atom stereocenters. The topological polar surface area (TPSA) is 49.3 Å². The van der Waals surface area contributed by atoms with Crippen LogP contribution in [-0.4, -0.2) is 17.6 Å². The molecule has 3 heteroatoms. The number of anilines is 1. The molecular formula is C12H15NO2. The lowest BCUT2D eigenvalue weighted by molar-refractivity contribution is 0.0696. The quantitative estimate of drug-likeness (QED) is 0.743. The normalized spacial score (nSPS) is 9.73. The average molecular weight is 205 g/mol. The lowest BCUT2D eigenvalue weighted by Gasteiger charge is -2.08. The number of benzene rings is 1. The first-order chi connectivity index (χ1) is 7.00. The minimum absolute atomic E-state index is 0.343. The Morgan fingerprint density at radius 1 is 1.53 bits per heavy atom. The van der Waals surface area contributed by atoms with Gasteiger partial charge in [0.2, 0.25) is 0 Å². The van der Waals surface area contributed by atoms with Crippen molar-refractivity contribution in [2.45, 2.75) is 13.8 Å². The molecule has 0 saturated carbocycles. The second kappa shape index (κ2) is 4.64. The van der Waals surface area contributed by atoms with E-state index in [4.69, 9.17) is 5.11 Å². The van der Waals surface area contributed by atoms with Crippen molar-refractivity contribution in [2.75, 3.05) is 11.9 Å². The summed E-state index contributed by atoms with van der Waals surface area (Å²) in [7, 11) is 0. The molecule has 80 valence electrons. The van der Waals surface area contributed by atoms with Crippen LogP contribution in [0.15, 0.2) is 30.4 Å². The van der Waals surface area contributed by atoms with Gasteiger partial charge in [-0.05, 0) is 37.6 Å². The summed E-state index contributed by atoms with van der Waals surface area (Å²) in [5.41, 5.74) is 3.06. The number of nitrogens with one attached hydrogen (secondary N) is 1. The van der Waals surface area contributed by atoms with E-state index in [0.29, 0.717) is 12.1 Å². The first-order valence-electron chi connectivity index (χ1n) is 4.73. The Bertz CT molecular complexity index is 397. The molecule has 0 aliphatic heterocycles. The summed E-state index contributed by atoms with van der Waals surface area (Å²) in [5, 5.41) is 12.0. The molecule has 15 heavy (non-hydrogen) atoms. The number of carboxylic acids is 1. The molecule has 0 fully saturated rings. The summed E-state index contributed by atoms with van der Waals surface area (Å²) in [6.07, 6.45) is 0. The number of hydrogen-bond donors (Lipinski definition) is 2. The van der Waals surface area contributed by atoms with Gasteiger partial charge in [-0.15, -0.1) is 0 Å². The fourth-order valence-corrected chi connectivity index (χ4v) is 1.27.